The van der Waals surface area contributed by atoms with Gasteiger partial charge in [0.25, 0.3) is 0 Å². The molecule has 0 bridgehead atoms. The highest BCUT2D eigenvalue weighted by atomic mass is 32.1. The van der Waals surface area contributed by atoms with Crippen LogP contribution >= 0.6 is 11.3 Å². The average Bonchev–Trinajstić information content (AvgIpc) is 2.79. The monoisotopic (exact) mass is 295 g/mol. The molecule has 1 fully saturated rings. The molecule has 1 saturated heterocycles. The van der Waals surface area contributed by atoms with Gasteiger partial charge in [-0.3, -0.25) is 0 Å². The summed E-state index contributed by atoms with van der Waals surface area (Å²) in [5.41, 5.74) is 1.45. The Labute approximate surface area is 127 Å². The molecule has 0 aliphatic carbocycles. The second-order valence-corrected chi connectivity index (χ2v) is 7.26. The van der Waals surface area contributed by atoms with Gasteiger partial charge in [-0.15, -0.1) is 11.3 Å². The van der Waals surface area contributed by atoms with E-state index in [1.807, 2.05) is 11.3 Å². The van der Waals surface area contributed by atoms with Crippen molar-refractivity contribution in [3.63, 3.8) is 0 Å². The Balaban J connectivity index is 1.94. The Morgan fingerprint density at radius 2 is 2.25 bits per heavy atom. The fraction of sp³-hybridized carbons (Fsp3) is 0.765. The second-order valence-electron chi connectivity index (χ2n) is 5.98. The maximum atomic E-state index is 5.88. The molecule has 1 aromatic rings. The van der Waals surface area contributed by atoms with Crippen molar-refractivity contribution in [3.05, 3.63) is 21.4 Å². The molecule has 0 aromatic carbocycles. The fourth-order valence-corrected chi connectivity index (χ4v) is 4.18. The molecule has 2 nitrogen and oxygen atoms in total. The highest BCUT2D eigenvalue weighted by Crippen LogP contribution is 2.31. The molecule has 0 saturated carbocycles. The van der Waals surface area contributed by atoms with Crippen molar-refractivity contribution < 1.29 is 4.74 Å². The van der Waals surface area contributed by atoms with E-state index in [1.54, 1.807) is 0 Å². The molecule has 2 rings (SSSR count). The maximum absolute atomic E-state index is 5.88. The van der Waals surface area contributed by atoms with Gasteiger partial charge in [0.15, 0.2) is 0 Å². The first kappa shape index (κ1) is 16.0. The molecule has 0 amide bonds. The van der Waals surface area contributed by atoms with Gasteiger partial charge in [-0.2, -0.15) is 0 Å². The van der Waals surface area contributed by atoms with E-state index in [9.17, 15) is 0 Å². The summed E-state index contributed by atoms with van der Waals surface area (Å²) in [6.45, 7) is 8.77. The third-order valence-corrected chi connectivity index (χ3v) is 5.35. The van der Waals surface area contributed by atoms with Gasteiger partial charge in [-0.1, -0.05) is 6.92 Å². The lowest BCUT2D eigenvalue weighted by atomic mass is 9.99. The van der Waals surface area contributed by atoms with E-state index >= 15 is 0 Å². The quantitative estimate of drug-likeness (QED) is 0.783. The van der Waals surface area contributed by atoms with Crippen LogP contribution in [0.1, 0.15) is 66.8 Å². The van der Waals surface area contributed by atoms with Crippen molar-refractivity contribution >= 4 is 11.3 Å². The smallest absolute Gasteiger partial charge is 0.0575 e. The van der Waals surface area contributed by atoms with Crippen LogP contribution in [-0.4, -0.2) is 19.3 Å². The van der Waals surface area contributed by atoms with Crippen LogP contribution in [0.25, 0.3) is 0 Å². The first-order valence-corrected chi connectivity index (χ1v) is 8.94. The van der Waals surface area contributed by atoms with Crippen LogP contribution in [-0.2, 0) is 4.74 Å². The number of thiophene rings is 1. The van der Waals surface area contributed by atoms with E-state index in [0.29, 0.717) is 12.1 Å². The van der Waals surface area contributed by atoms with Gasteiger partial charge < -0.3 is 10.1 Å². The Hall–Kier alpha value is -0.380. The molecule has 2 atom stereocenters. The first-order valence-electron chi connectivity index (χ1n) is 8.12. The number of hydrogen-bond acceptors (Lipinski definition) is 3. The van der Waals surface area contributed by atoms with E-state index in [4.69, 9.17) is 4.74 Å². The van der Waals surface area contributed by atoms with Crippen molar-refractivity contribution in [2.45, 2.75) is 71.4 Å². The van der Waals surface area contributed by atoms with Crippen LogP contribution in [0.3, 0.4) is 0 Å². The Kier molecular flexibility index (Phi) is 6.53. The zero-order valence-corrected chi connectivity index (χ0v) is 14.0. The molecule has 1 N–H and O–H groups in total. The SMILES string of the molecule is CCCNC(CCC1CCCCO1)c1sc(C)cc1C. The normalized spacial score (nSPS) is 21.1. The molecule has 20 heavy (non-hydrogen) atoms. The van der Waals surface area contributed by atoms with Gasteiger partial charge in [0.2, 0.25) is 0 Å². The van der Waals surface area contributed by atoms with Gasteiger partial charge in [0.1, 0.15) is 0 Å². The van der Waals surface area contributed by atoms with Crippen molar-refractivity contribution in [1.82, 2.24) is 5.32 Å². The summed E-state index contributed by atoms with van der Waals surface area (Å²) in [6, 6.07) is 2.83. The molecule has 2 heterocycles. The Morgan fingerprint density at radius 3 is 2.85 bits per heavy atom. The summed E-state index contributed by atoms with van der Waals surface area (Å²) in [7, 11) is 0. The number of ether oxygens (including phenoxy) is 1. The Morgan fingerprint density at radius 1 is 1.40 bits per heavy atom. The van der Waals surface area contributed by atoms with Gasteiger partial charge >= 0.3 is 0 Å². The number of aryl methyl sites for hydroxylation is 2. The van der Waals surface area contributed by atoms with Crippen LogP contribution in [0.15, 0.2) is 6.07 Å². The van der Waals surface area contributed by atoms with Crippen LogP contribution in [0.2, 0.25) is 0 Å². The van der Waals surface area contributed by atoms with Crippen molar-refractivity contribution in [1.29, 1.82) is 0 Å². The van der Waals surface area contributed by atoms with Crippen molar-refractivity contribution in [2.24, 2.45) is 0 Å². The minimum atomic E-state index is 0.496. The molecule has 1 aliphatic rings. The van der Waals surface area contributed by atoms with Gasteiger partial charge in [-0.25, -0.2) is 0 Å². The number of nitrogens with one attached hydrogen (secondary N) is 1. The van der Waals surface area contributed by atoms with E-state index in [0.717, 1.165) is 13.2 Å². The second kappa shape index (κ2) is 8.16. The van der Waals surface area contributed by atoms with E-state index in [-0.39, 0.29) is 0 Å². The topological polar surface area (TPSA) is 21.3 Å². The lowest BCUT2D eigenvalue weighted by Gasteiger charge is -2.25. The highest BCUT2D eigenvalue weighted by molar-refractivity contribution is 7.12. The lowest BCUT2D eigenvalue weighted by molar-refractivity contribution is 0.00859. The largest absolute Gasteiger partial charge is 0.378 e. The summed E-state index contributed by atoms with van der Waals surface area (Å²) in [5.74, 6) is 0. The van der Waals surface area contributed by atoms with Crippen LogP contribution in [0, 0.1) is 13.8 Å². The zero-order chi connectivity index (χ0) is 14.4. The number of hydrogen-bond donors (Lipinski definition) is 1. The highest BCUT2D eigenvalue weighted by Gasteiger charge is 2.19. The Bertz CT molecular complexity index is 396. The number of rotatable bonds is 7. The molecule has 1 aliphatic heterocycles. The van der Waals surface area contributed by atoms with Crippen LogP contribution < -0.4 is 5.32 Å². The minimum absolute atomic E-state index is 0.496. The lowest BCUT2D eigenvalue weighted by Crippen LogP contribution is -2.25. The predicted octanol–water partition coefficient (Wildman–Crippen LogP) is 4.75. The molecular weight excluding hydrogens is 266 g/mol. The molecule has 0 radical (unpaired) electrons. The first-order chi connectivity index (χ1) is 9.70. The average molecular weight is 295 g/mol. The summed E-state index contributed by atoms with van der Waals surface area (Å²) in [6.07, 6.45) is 7.93. The molecule has 1 aromatic heterocycles. The third-order valence-electron chi connectivity index (χ3n) is 4.09. The summed E-state index contributed by atoms with van der Waals surface area (Å²) in [5, 5.41) is 3.73. The van der Waals surface area contributed by atoms with E-state index in [2.05, 4.69) is 32.2 Å². The van der Waals surface area contributed by atoms with Gasteiger partial charge in [0.05, 0.1) is 6.10 Å². The fourth-order valence-electron chi connectivity index (χ4n) is 3.04. The van der Waals surface area contributed by atoms with Crippen molar-refractivity contribution in [2.75, 3.05) is 13.2 Å². The molecule has 2 unspecified atom stereocenters. The van der Waals surface area contributed by atoms with Crippen LogP contribution in [0.5, 0.6) is 0 Å². The predicted molar refractivity (Wildman–Crippen MR) is 87.7 cm³/mol. The molecule has 3 heteroatoms. The minimum Gasteiger partial charge on any atom is -0.378 e. The van der Waals surface area contributed by atoms with Gasteiger partial charge in [-0.05, 0) is 70.5 Å². The van der Waals surface area contributed by atoms with Crippen LogP contribution in [0.4, 0.5) is 0 Å². The molecule has 0 spiro atoms. The van der Waals surface area contributed by atoms with Gasteiger partial charge in [0, 0.05) is 22.4 Å². The summed E-state index contributed by atoms with van der Waals surface area (Å²) >= 11 is 1.96. The molecular formula is C17H29NOS. The van der Waals surface area contributed by atoms with E-state index in [1.165, 1.54) is 53.8 Å². The summed E-state index contributed by atoms with van der Waals surface area (Å²) in [4.78, 5) is 2.96. The summed E-state index contributed by atoms with van der Waals surface area (Å²) < 4.78 is 5.88. The maximum Gasteiger partial charge on any atom is 0.0575 e. The third kappa shape index (κ3) is 4.57. The standard InChI is InChI=1S/C17H29NOS/c1-4-10-18-16(17-13(2)12-14(3)20-17)9-8-15-7-5-6-11-19-15/h12,15-16,18H,4-11H2,1-3H3. The van der Waals surface area contributed by atoms with Crippen molar-refractivity contribution in [3.8, 4) is 0 Å². The zero-order valence-electron chi connectivity index (χ0n) is 13.2. The van der Waals surface area contributed by atoms with E-state index < -0.39 is 0 Å². The molecule has 114 valence electrons.